The van der Waals surface area contributed by atoms with Crippen LogP contribution in [0, 0.1) is 98.1 Å². The Labute approximate surface area is 149 Å². The standard InChI is InChI=1S/C25H28/c1-9-2-10(1)12-7-22-14(12)4-16(22)20-18-5-17-19-15-3-13-11(9)6-21(13,15)23(19)8-24(20,22)25(17,18)23/h9-20H,1-8H2/t9?,10?,11-,12+,13+,14-,15?,16?,17+,18?,19-,20?,21+,22-,23-,24+,25?/m1/s1. The summed E-state index contributed by atoms with van der Waals surface area (Å²) in [5, 5.41) is 0. The molecule has 15 atom stereocenters. The monoisotopic (exact) mass is 328 g/mol. The van der Waals surface area contributed by atoms with Gasteiger partial charge < -0.3 is 0 Å². The fourth-order valence-corrected chi connectivity index (χ4v) is 17.1. The van der Waals surface area contributed by atoms with Crippen molar-refractivity contribution in [3.63, 3.8) is 0 Å². The van der Waals surface area contributed by atoms with Crippen molar-refractivity contribution in [1.82, 2.24) is 0 Å². The van der Waals surface area contributed by atoms with Gasteiger partial charge in [0.15, 0.2) is 0 Å². The third-order valence-corrected chi connectivity index (χ3v) is 16.5. The van der Waals surface area contributed by atoms with Gasteiger partial charge in [0.1, 0.15) is 0 Å². The summed E-state index contributed by atoms with van der Waals surface area (Å²) in [6.45, 7) is 0. The van der Waals surface area contributed by atoms with E-state index >= 15 is 0 Å². The van der Waals surface area contributed by atoms with Crippen LogP contribution < -0.4 is 0 Å². The van der Waals surface area contributed by atoms with Crippen LogP contribution >= 0.6 is 0 Å². The predicted octanol–water partition coefficient (Wildman–Crippen LogP) is 4.60. The Balaban J connectivity index is 1.15. The third kappa shape index (κ3) is 0.503. The molecule has 0 nitrogen and oxygen atoms in total. The Morgan fingerprint density at radius 3 is 1.56 bits per heavy atom. The van der Waals surface area contributed by atoms with Gasteiger partial charge in [-0.15, -0.1) is 0 Å². The van der Waals surface area contributed by atoms with E-state index in [4.69, 9.17) is 0 Å². The van der Waals surface area contributed by atoms with Crippen molar-refractivity contribution in [2.75, 3.05) is 0 Å². The van der Waals surface area contributed by atoms with Crippen molar-refractivity contribution < 1.29 is 0 Å². The molecule has 0 heterocycles. The summed E-state index contributed by atoms with van der Waals surface area (Å²) < 4.78 is 0. The molecule has 0 aliphatic heterocycles. The minimum atomic E-state index is 1.00. The first-order chi connectivity index (χ1) is 12.3. The lowest BCUT2D eigenvalue weighted by Gasteiger charge is -3.18. The minimum absolute atomic E-state index is 1.00. The summed E-state index contributed by atoms with van der Waals surface area (Å²) >= 11 is 0. The molecule has 0 aromatic carbocycles. The molecule has 5 unspecified atom stereocenters. The molecular formula is C25H28. The number of rotatable bonds is 0. The van der Waals surface area contributed by atoms with Crippen LogP contribution in [-0.4, -0.2) is 0 Å². The summed E-state index contributed by atoms with van der Waals surface area (Å²) in [5.74, 6) is 15.2. The first-order valence-electron chi connectivity index (χ1n) is 12.3. The van der Waals surface area contributed by atoms with Gasteiger partial charge in [-0.2, -0.15) is 0 Å². The molecular weight excluding hydrogens is 300 g/mol. The van der Waals surface area contributed by atoms with Crippen molar-refractivity contribution >= 4 is 0 Å². The molecule has 15 fully saturated rings. The van der Waals surface area contributed by atoms with Gasteiger partial charge in [0.2, 0.25) is 0 Å². The maximum atomic E-state index is 1.83. The molecule has 15 aliphatic carbocycles. The molecule has 15 saturated carbocycles. The molecule has 0 radical (unpaired) electrons. The highest BCUT2D eigenvalue weighted by Crippen LogP contribution is 3.19. The molecule has 0 amide bonds. The van der Waals surface area contributed by atoms with E-state index in [2.05, 4.69) is 0 Å². The van der Waals surface area contributed by atoms with Gasteiger partial charge in [0, 0.05) is 0 Å². The lowest BCUT2D eigenvalue weighted by Crippen LogP contribution is -3.14. The summed E-state index contributed by atoms with van der Waals surface area (Å²) in [6, 6.07) is 0. The molecule has 0 heteroatoms. The topological polar surface area (TPSA) is 0 Å². The average molecular weight is 328 g/mol. The molecule has 0 aromatic rings. The van der Waals surface area contributed by atoms with E-state index in [-0.39, 0.29) is 0 Å². The van der Waals surface area contributed by atoms with E-state index in [1.54, 1.807) is 44.9 Å². The summed E-state index contributed by atoms with van der Waals surface area (Å²) in [6.07, 6.45) is 14.0. The molecule has 25 heavy (non-hydrogen) atoms. The van der Waals surface area contributed by atoms with Crippen molar-refractivity contribution in [1.29, 1.82) is 0 Å². The van der Waals surface area contributed by atoms with Crippen LogP contribution in [0.3, 0.4) is 0 Å². The molecule has 15 rings (SSSR count). The highest BCUT2D eigenvalue weighted by Gasteiger charge is 3.15. The summed E-state index contributed by atoms with van der Waals surface area (Å²) in [7, 11) is 0. The van der Waals surface area contributed by atoms with Crippen molar-refractivity contribution in [3.8, 4) is 0 Å². The second-order valence-electron chi connectivity index (χ2n) is 14.2. The van der Waals surface area contributed by atoms with E-state index < -0.39 is 0 Å². The zero-order valence-electron chi connectivity index (χ0n) is 15.1. The lowest BCUT2D eigenvalue weighted by atomic mass is 8.85. The first kappa shape index (κ1) is 11.1. The van der Waals surface area contributed by atoms with E-state index in [1.807, 2.05) is 6.42 Å². The molecule has 5 spiro atoms. The maximum Gasteiger partial charge on any atom is -0.0105 e. The molecule has 15 aliphatic rings. The van der Waals surface area contributed by atoms with Crippen molar-refractivity contribution in [2.45, 2.75) is 51.4 Å². The van der Waals surface area contributed by atoms with Crippen LogP contribution in [0.15, 0.2) is 0 Å². The third-order valence-electron chi connectivity index (χ3n) is 16.5. The Bertz CT molecular complexity index is 841. The largest absolute Gasteiger partial charge is 0.0470 e. The molecule has 0 aromatic heterocycles. The smallest absolute Gasteiger partial charge is 0.0105 e. The maximum absolute atomic E-state index is 1.83. The highest BCUT2D eigenvalue weighted by atomic mass is 15.2. The normalized spacial score (nSPS) is 97.9. The van der Waals surface area contributed by atoms with Crippen LogP contribution in [0.25, 0.3) is 0 Å². The van der Waals surface area contributed by atoms with Gasteiger partial charge in [-0.25, -0.2) is 0 Å². The van der Waals surface area contributed by atoms with E-state index in [1.165, 1.54) is 71.0 Å². The van der Waals surface area contributed by atoms with E-state index in [0.29, 0.717) is 0 Å². The zero-order chi connectivity index (χ0) is 15.1. The van der Waals surface area contributed by atoms with Gasteiger partial charge in [0.25, 0.3) is 0 Å². The van der Waals surface area contributed by atoms with Crippen molar-refractivity contribution in [2.24, 2.45) is 98.1 Å². The van der Waals surface area contributed by atoms with E-state index in [9.17, 15) is 0 Å². The quantitative estimate of drug-likeness (QED) is 0.610. The SMILES string of the molecule is C1C2CC1[C@@H]1C[C@]34C(C[C@H]13)C1C3C[C@H]5[C@H]6C7C[C@H]8[C@@H]2C[C@@]78[C@@]62C[C@]14C352. The van der Waals surface area contributed by atoms with E-state index in [0.717, 1.165) is 27.1 Å². The highest BCUT2D eigenvalue weighted by molar-refractivity contribution is 5.62. The second-order valence-corrected chi connectivity index (χ2v) is 14.2. The van der Waals surface area contributed by atoms with Crippen LogP contribution in [-0.2, 0) is 0 Å². The van der Waals surface area contributed by atoms with Crippen LogP contribution in [0.1, 0.15) is 51.4 Å². The Kier molecular flexibility index (Phi) is 1.03. The second kappa shape index (κ2) is 2.32. The Morgan fingerprint density at radius 2 is 1.04 bits per heavy atom. The fraction of sp³-hybridized carbons (Fsp3) is 1.00. The summed E-state index contributed by atoms with van der Waals surface area (Å²) in [5.41, 5.74) is 5.08. The molecule has 128 valence electrons. The minimum Gasteiger partial charge on any atom is -0.0470 e. The number of hydrogen-bond donors (Lipinski definition) is 0. The first-order valence-corrected chi connectivity index (χ1v) is 12.3. The van der Waals surface area contributed by atoms with Gasteiger partial charge >= 0.3 is 0 Å². The summed E-state index contributed by atoms with van der Waals surface area (Å²) in [4.78, 5) is 0. The van der Waals surface area contributed by atoms with Gasteiger partial charge in [-0.3, -0.25) is 0 Å². The predicted molar refractivity (Wildman–Crippen MR) is 91.0 cm³/mol. The number of hydrogen-bond acceptors (Lipinski definition) is 0. The van der Waals surface area contributed by atoms with Gasteiger partial charge in [0.05, 0.1) is 0 Å². The van der Waals surface area contributed by atoms with Crippen LogP contribution in [0.2, 0.25) is 0 Å². The lowest BCUT2D eigenvalue weighted by molar-refractivity contribution is -0.715. The molecule has 8 bridgehead atoms. The Hall–Kier alpha value is 0. The van der Waals surface area contributed by atoms with Crippen LogP contribution in [0.4, 0.5) is 0 Å². The van der Waals surface area contributed by atoms with Crippen LogP contribution in [0.5, 0.6) is 0 Å². The zero-order valence-corrected chi connectivity index (χ0v) is 15.1. The fourth-order valence-electron chi connectivity index (χ4n) is 17.1. The molecule has 0 N–H and O–H groups in total. The molecule has 0 saturated heterocycles. The van der Waals surface area contributed by atoms with Gasteiger partial charge in [-0.1, -0.05) is 0 Å². The number of fused-ring (bicyclic) bond motifs is 4. The average Bonchev–Trinajstić information content (AvgIpc) is 2.45. The Morgan fingerprint density at radius 1 is 0.520 bits per heavy atom. The van der Waals surface area contributed by atoms with Crippen molar-refractivity contribution in [3.05, 3.63) is 0 Å². The van der Waals surface area contributed by atoms with Gasteiger partial charge in [-0.05, 0) is 149 Å².